The first-order valence-corrected chi connectivity index (χ1v) is 11.4. The van der Waals surface area contributed by atoms with E-state index in [1.54, 1.807) is 0 Å². The number of rotatable bonds is 16. The molecule has 0 bridgehead atoms. The van der Waals surface area contributed by atoms with E-state index in [1.807, 2.05) is 0 Å². The third-order valence-electron chi connectivity index (χ3n) is 4.84. The molecular weight excluding hydrogens is 359 g/mol. The molecule has 0 aliphatic rings. The van der Waals surface area contributed by atoms with E-state index in [0.717, 1.165) is 11.3 Å². The van der Waals surface area contributed by atoms with Crippen LogP contribution < -0.4 is 0 Å². The fraction of sp³-hybridized carbons (Fsp3) is 0.952. The first-order valence-electron chi connectivity index (χ1n) is 10.5. The predicted octanol–water partition coefficient (Wildman–Crippen LogP) is 6.33. The van der Waals surface area contributed by atoms with Crippen molar-refractivity contribution in [1.29, 1.82) is 0 Å². The molecule has 143 valence electrons. The molecule has 0 unspecified atom stereocenters. The van der Waals surface area contributed by atoms with Gasteiger partial charge in [0.05, 0.1) is 0 Å². The van der Waals surface area contributed by atoms with Crippen LogP contribution in [-0.2, 0) is 0 Å². The van der Waals surface area contributed by atoms with Gasteiger partial charge in [-0.3, -0.25) is 0 Å². The molecule has 0 aromatic rings. The summed E-state index contributed by atoms with van der Waals surface area (Å²) < 4.78 is 1.06. The Kier molecular flexibility index (Phi) is 17.8. The van der Waals surface area contributed by atoms with Crippen LogP contribution in [0.3, 0.4) is 0 Å². The van der Waals surface area contributed by atoms with E-state index >= 15 is 0 Å². The monoisotopic (exact) mass is 403 g/mol. The zero-order valence-electron chi connectivity index (χ0n) is 17.0. The van der Waals surface area contributed by atoms with Crippen LogP contribution in [0.5, 0.6) is 0 Å². The molecule has 0 spiro atoms. The fourth-order valence-corrected chi connectivity index (χ4v) is 3.45. The SMILES string of the molecule is CCCCCCCCCCCCCCCCN=C([Se])N(C)C(C)C. The molecule has 0 saturated carbocycles. The van der Waals surface area contributed by atoms with Crippen molar-refractivity contribution in [1.82, 2.24) is 4.90 Å². The van der Waals surface area contributed by atoms with E-state index in [-0.39, 0.29) is 0 Å². The van der Waals surface area contributed by atoms with Crippen molar-refractivity contribution in [2.75, 3.05) is 13.6 Å². The third-order valence-corrected chi connectivity index (χ3v) is 5.71. The van der Waals surface area contributed by atoms with Gasteiger partial charge in [-0.1, -0.05) is 39.0 Å². The van der Waals surface area contributed by atoms with Gasteiger partial charge in [-0.15, -0.1) is 0 Å². The molecule has 0 aromatic carbocycles. The zero-order valence-corrected chi connectivity index (χ0v) is 18.7. The maximum atomic E-state index is 4.63. The number of unbranched alkanes of at least 4 members (excludes halogenated alkanes) is 13. The van der Waals surface area contributed by atoms with Gasteiger partial charge < -0.3 is 0 Å². The molecule has 0 amide bonds. The van der Waals surface area contributed by atoms with Gasteiger partial charge in [-0.05, 0) is 0 Å². The summed E-state index contributed by atoms with van der Waals surface area (Å²) >= 11 is 3.08. The van der Waals surface area contributed by atoms with Gasteiger partial charge in [0.25, 0.3) is 0 Å². The van der Waals surface area contributed by atoms with Crippen LogP contribution in [0.2, 0.25) is 0 Å². The van der Waals surface area contributed by atoms with Crippen molar-refractivity contribution >= 4 is 20.7 Å². The van der Waals surface area contributed by atoms with Crippen molar-refractivity contribution in [3.63, 3.8) is 0 Å². The summed E-state index contributed by atoms with van der Waals surface area (Å²) in [4.78, 5) is 6.82. The molecule has 3 heteroatoms. The molecule has 0 saturated heterocycles. The minimum absolute atomic E-state index is 0.515. The van der Waals surface area contributed by atoms with Crippen LogP contribution in [0.15, 0.2) is 4.99 Å². The van der Waals surface area contributed by atoms with Crippen LogP contribution in [0, 0.1) is 0 Å². The average Bonchev–Trinajstić information content (AvgIpc) is 2.57. The van der Waals surface area contributed by atoms with Crippen molar-refractivity contribution < 1.29 is 0 Å². The standard InChI is InChI=1S/C21H43N2Se/c1-5-6-7-8-9-10-11-12-13-14-15-16-17-18-19-22-21(24)23(4)20(2)3/h20H,5-19H2,1-4H3. The Bertz CT molecular complexity index is 290. The Morgan fingerprint density at radius 1 is 0.750 bits per heavy atom. The fourth-order valence-electron chi connectivity index (χ4n) is 2.81. The van der Waals surface area contributed by atoms with Gasteiger partial charge in [0.2, 0.25) is 0 Å². The van der Waals surface area contributed by atoms with Gasteiger partial charge in [0.1, 0.15) is 0 Å². The molecule has 2 nitrogen and oxygen atoms in total. The Balaban J connectivity index is 3.24. The van der Waals surface area contributed by atoms with Crippen LogP contribution in [0.25, 0.3) is 0 Å². The van der Waals surface area contributed by atoms with E-state index in [0.29, 0.717) is 6.04 Å². The van der Waals surface area contributed by atoms with Gasteiger partial charge in [0, 0.05) is 0 Å². The van der Waals surface area contributed by atoms with Crippen molar-refractivity contribution in [2.24, 2.45) is 4.99 Å². The first kappa shape index (κ1) is 24.0. The molecular formula is C21H43N2Se. The summed E-state index contributed by atoms with van der Waals surface area (Å²) in [6.07, 6.45) is 19.8. The summed E-state index contributed by atoms with van der Waals surface area (Å²) in [6, 6.07) is 0.515. The summed E-state index contributed by atoms with van der Waals surface area (Å²) in [6.45, 7) is 7.65. The van der Waals surface area contributed by atoms with Gasteiger partial charge in [-0.25, -0.2) is 0 Å². The molecule has 0 fully saturated rings. The molecule has 0 rings (SSSR count). The number of hydrogen-bond acceptors (Lipinski definition) is 1. The molecule has 0 aliphatic carbocycles. The van der Waals surface area contributed by atoms with Crippen LogP contribution in [0.1, 0.15) is 111 Å². The Labute approximate surface area is 161 Å². The summed E-state index contributed by atoms with van der Waals surface area (Å²) in [5.74, 6) is 0. The molecule has 0 aliphatic heterocycles. The summed E-state index contributed by atoms with van der Waals surface area (Å²) in [5.41, 5.74) is 0. The Hall–Kier alpha value is -0.0105. The van der Waals surface area contributed by atoms with Crippen molar-refractivity contribution in [2.45, 2.75) is 117 Å². The van der Waals surface area contributed by atoms with E-state index < -0.39 is 0 Å². The van der Waals surface area contributed by atoms with Crippen LogP contribution >= 0.6 is 0 Å². The second-order valence-electron chi connectivity index (χ2n) is 7.47. The topological polar surface area (TPSA) is 15.6 Å². The summed E-state index contributed by atoms with van der Waals surface area (Å²) in [5, 5.41) is 0. The van der Waals surface area contributed by atoms with Gasteiger partial charge in [-0.2, -0.15) is 0 Å². The molecule has 0 N–H and O–H groups in total. The molecule has 1 radical (unpaired) electrons. The number of hydrogen-bond donors (Lipinski definition) is 0. The number of nitrogens with zero attached hydrogens (tertiary/aromatic N) is 2. The van der Waals surface area contributed by atoms with Crippen LogP contribution in [0.4, 0.5) is 0 Å². The second kappa shape index (κ2) is 17.8. The Morgan fingerprint density at radius 2 is 1.12 bits per heavy atom. The zero-order chi connectivity index (χ0) is 18.0. The third kappa shape index (κ3) is 15.5. The molecule has 0 atom stereocenters. The Morgan fingerprint density at radius 3 is 1.50 bits per heavy atom. The van der Waals surface area contributed by atoms with E-state index in [2.05, 4.69) is 53.7 Å². The van der Waals surface area contributed by atoms with E-state index in [1.165, 1.54) is 89.9 Å². The number of aliphatic imine (C=N–C) groups is 1. The molecule has 0 aromatic heterocycles. The van der Waals surface area contributed by atoms with Crippen molar-refractivity contribution in [3.8, 4) is 0 Å². The van der Waals surface area contributed by atoms with E-state index in [4.69, 9.17) is 0 Å². The van der Waals surface area contributed by atoms with Crippen LogP contribution in [-0.4, -0.2) is 45.3 Å². The normalized spacial score (nSPS) is 12.1. The summed E-state index contributed by atoms with van der Waals surface area (Å²) in [7, 11) is 2.10. The second-order valence-corrected chi connectivity index (χ2v) is 8.23. The minimum atomic E-state index is 0.515. The van der Waals surface area contributed by atoms with Crippen molar-refractivity contribution in [3.05, 3.63) is 0 Å². The van der Waals surface area contributed by atoms with E-state index in [9.17, 15) is 0 Å². The quantitative estimate of drug-likeness (QED) is 0.127. The first-order chi connectivity index (χ1) is 11.6. The predicted molar refractivity (Wildman–Crippen MR) is 111 cm³/mol. The molecule has 0 heterocycles. The number of amidine groups is 1. The maximum absolute atomic E-state index is 4.63. The molecule has 24 heavy (non-hydrogen) atoms. The average molecular weight is 403 g/mol. The van der Waals surface area contributed by atoms with Gasteiger partial charge >= 0.3 is 122 Å². The van der Waals surface area contributed by atoms with Gasteiger partial charge in [0.15, 0.2) is 0 Å².